The van der Waals surface area contributed by atoms with E-state index in [4.69, 9.17) is 9.26 Å². The van der Waals surface area contributed by atoms with E-state index in [1.807, 2.05) is 44.3 Å². The Morgan fingerprint density at radius 3 is 3.03 bits per heavy atom. The number of aromatic nitrogens is 4. The summed E-state index contributed by atoms with van der Waals surface area (Å²) in [5, 5.41) is 8.39. The smallest absolute Gasteiger partial charge is 0.275 e. The molecule has 0 spiro atoms. The number of likely N-dealkylation sites (tertiary alicyclic amines) is 1. The number of ether oxygens (including phenoxy) is 1. The lowest BCUT2D eigenvalue weighted by Crippen LogP contribution is -2.31. The van der Waals surface area contributed by atoms with Gasteiger partial charge in [0.25, 0.3) is 5.91 Å². The fraction of sp³-hybridized carbons (Fsp3) is 0.429. The summed E-state index contributed by atoms with van der Waals surface area (Å²) in [6, 6.07) is 9.46. The van der Waals surface area contributed by atoms with Crippen molar-refractivity contribution < 1.29 is 14.1 Å². The molecule has 1 aliphatic rings. The summed E-state index contributed by atoms with van der Waals surface area (Å²) in [5.41, 5.74) is 1.60. The Bertz CT molecular complexity index is 980. The number of hydrogen-bond donors (Lipinski definition) is 0. The second kappa shape index (κ2) is 8.46. The van der Waals surface area contributed by atoms with Crippen molar-refractivity contribution in [2.75, 3.05) is 13.2 Å². The van der Waals surface area contributed by atoms with Crippen LogP contribution in [0.25, 0.3) is 0 Å². The molecule has 0 N–H and O–H groups in total. The van der Waals surface area contributed by atoms with E-state index in [-0.39, 0.29) is 11.9 Å². The van der Waals surface area contributed by atoms with E-state index < -0.39 is 0 Å². The van der Waals surface area contributed by atoms with Crippen LogP contribution in [-0.2, 0) is 13.0 Å². The van der Waals surface area contributed by atoms with E-state index in [0.717, 1.165) is 30.7 Å². The number of amides is 1. The minimum atomic E-state index is -0.201. The molecule has 152 valence electrons. The van der Waals surface area contributed by atoms with Crippen molar-refractivity contribution in [2.24, 2.45) is 0 Å². The zero-order valence-corrected chi connectivity index (χ0v) is 16.7. The van der Waals surface area contributed by atoms with Crippen LogP contribution >= 0.6 is 0 Å². The van der Waals surface area contributed by atoms with Crippen molar-refractivity contribution in [3.05, 3.63) is 59.5 Å². The molecular formula is C21H25N5O3. The van der Waals surface area contributed by atoms with E-state index in [2.05, 4.69) is 15.2 Å². The molecule has 1 fully saturated rings. The molecule has 8 heteroatoms. The van der Waals surface area contributed by atoms with Crippen LogP contribution in [-0.4, -0.2) is 43.9 Å². The molecule has 1 amide bonds. The van der Waals surface area contributed by atoms with Gasteiger partial charge in [-0.05, 0) is 50.5 Å². The van der Waals surface area contributed by atoms with Crippen LogP contribution in [0.5, 0.6) is 5.75 Å². The first-order valence-corrected chi connectivity index (χ1v) is 10.0. The summed E-state index contributed by atoms with van der Waals surface area (Å²) in [7, 11) is 0. The average Bonchev–Trinajstić information content (AvgIpc) is 3.47. The van der Waals surface area contributed by atoms with Gasteiger partial charge in [-0.2, -0.15) is 10.1 Å². The van der Waals surface area contributed by atoms with Crippen LogP contribution in [0.3, 0.4) is 0 Å². The van der Waals surface area contributed by atoms with Gasteiger partial charge in [-0.15, -0.1) is 0 Å². The van der Waals surface area contributed by atoms with Gasteiger partial charge in [0.05, 0.1) is 6.61 Å². The van der Waals surface area contributed by atoms with E-state index in [1.54, 1.807) is 15.6 Å². The third-order valence-electron chi connectivity index (χ3n) is 5.05. The first kappa shape index (κ1) is 19.2. The van der Waals surface area contributed by atoms with Gasteiger partial charge in [-0.1, -0.05) is 17.3 Å². The molecule has 0 saturated carbocycles. The fourth-order valence-corrected chi connectivity index (χ4v) is 3.54. The average molecular weight is 395 g/mol. The Morgan fingerprint density at radius 2 is 2.24 bits per heavy atom. The van der Waals surface area contributed by atoms with Crippen LogP contribution in [0.2, 0.25) is 0 Å². The molecule has 3 heterocycles. The number of nitrogens with zero attached hydrogens (tertiary/aromatic N) is 5. The normalized spacial score (nSPS) is 16.3. The van der Waals surface area contributed by atoms with Gasteiger partial charge in [-0.3, -0.25) is 9.48 Å². The first-order valence-electron chi connectivity index (χ1n) is 10.0. The Hall–Kier alpha value is -3.16. The number of carbonyl (C=O) groups excluding carboxylic acids is 1. The van der Waals surface area contributed by atoms with Crippen molar-refractivity contribution in [2.45, 2.75) is 45.7 Å². The summed E-state index contributed by atoms with van der Waals surface area (Å²) >= 11 is 0. The Balaban J connectivity index is 1.38. The second-order valence-electron chi connectivity index (χ2n) is 7.18. The van der Waals surface area contributed by atoms with Crippen LogP contribution in [0, 0.1) is 6.92 Å². The van der Waals surface area contributed by atoms with Crippen LogP contribution < -0.4 is 4.74 Å². The van der Waals surface area contributed by atoms with Crippen molar-refractivity contribution in [1.29, 1.82) is 0 Å². The predicted octanol–water partition coefficient (Wildman–Crippen LogP) is 3.19. The number of aryl methyl sites for hydroxylation is 2. The third kappa shape index (κ3) is 4.31. The molecule has 1 unspecified atom stereocenters. The molecule has 1 atom stereocenters. The predicted molar refractivity (Wildman–Crippen MR) is 106 cm³/mol. The zero-order valence-electron chi connectivity index (χ0n) is 16.7. The van der Waals surface area contributed by atoms with Gasteiger partial charge in [0, 0.05) is 25.7 Å². The summed E-state index contributed by atoms with van der Waals surface area (Å²) in [5.74, 6) is 1.80. The van der Waals surface area contributed by atoms with Crippen molar-refractivity contribution in [1.82, 2.24) is 24.8 Å². The summed E-state index contributed by atoms with van der Waals surface area (Å²) in [4.78, 5) is 19.2. The van der Waals surface area contributed by atoms with Gasteiger partial charge in [-0.25, -0.2) is 0 Å². The van der Waals surface area contributed by atoms with Crippen molar-refractivity contribution in [3.63, 3.8) is 0 Å². The topological polar surface area (TPSA) is 86.3 Å². The molecule has 1 aromatic carbocycles. The van der Waals surface area contributed by atoms with Gasteiger partial charge >= 0.3 is 0 Å². The zero-order chi connectivity index (χ0) is 20.2. The van der Waals surface area contributed by atoms with Crippen LogP contribution in [0.1, 0.15) is 53.6 Å². The molecule has 1 saturated heterocycles. The van der Waals surface area contributed by atoms with Gasteiger partial charge in [0.1, 0.15) is 17.5 Å². The van der Waals surface area contributed by atoms with Crippen molar-refractivity contribution >= 4 is 5.91 Å². The highest BCUT2D eigenvalue weighted by molar-refractivity contribution is 5.92. The maximum absolute atomic E-state index is 12.9. The minimum absolute atomic E-state index is 0.0952. The SMILES string of the molecule is CCn1ccc(C(=O)N2CCCC2c2nc(CCOc3cccc(C)c3)no2)n1. The lowest BCUT2D eigenvalue weighted by Gasteiger charge is -2.20. The Labute approximate surface area is 169 Å². The van der Waals surface area contributed by atoms with E-state index >= 15 is 0 Å². The maximum Gasteiger partial charge on any atom is 0.275 e. The molecule has 0 aliphatic carbocycles. The molecule has 3 aromatic rings. The Morgan fingerprint density at radius 1 is 1.34 bits per heavy atom. The Kier molecular flexibility index (Phi) is 5.59. The molecule has 2 aromatic heterocycles. The summed E-state index contributed by atoms with van der Waals surface area (Å²) < 4.78 is 13.0. The summed E-state index contributed by atoms with van der Waals surface area (Å²) in [6.45, 7) is 5.87. The highest BCUT2D eigenvalue weighted by Crippen LogP contribution is 2.32. The molecule has 1 aliphatic heterocycles. The molecule has 4 rings (SSSR count). The molecule has 0 bridgehead atoms. The molecule has 8 nitrogen and oxygen atoms in total. The largest absolute Gasteiger partial charge is 0.493 e. The number of rotatable bonds is 7. The van der Waals surface area contributed by atoms with Gasteiger partial charge in [0.2, 0.25) is 5.89 Å². The highest BCUT2D eigenvalue weighted by Gasteiger charge is 2.35. The monoisotopic (exact) mass is 395 g/mol. The minimum Gasteiger partial charge on any atom is -0.493 e. The lowest BCUT2D eigenvalue weighted by molar-refractivity contribution is 0.0703. The number of carbonyl (C=O) groups is 1. The number of benzene rings is 1. The highest BCUT2D eigenvalue weighted by atomic mass is 16.5. The second-order valence-corrected chi connectivity index (χ2v) is 7.18. The quantitative estimate of drug-likeness (QED) is 0.611. The standard InChI is InChI=1S/C21H25N5O3/c1-3-25-12-9-17(23-25)21(27)26-11-5-8-18(26)20-22-19(24-29-20)10-13-28-16-7-4-6-15(2)14-16/h4,6-7,9,12,14,18H,3,5,8,10-11,13H2,1-2H3. The van der Waals surface area contributed by atoms with Crippen LogP contribution in [0.15, 0.2) is 41.1 Å². The maximum atomic E-state index is 12.9. The number of hydrogen-bond acceptors (Lipinski definition) is 6. The lowest BCUT2D eigenvalue weighted by atomic mass is 10.2. The van der Waals surface area contributed by atoms with E-state index in [1.165, 1.54) is 0 Å². The third-order valence-corrected chi connectivity index (χ3v) is 5.05. The van der Waals surface area contributed by atoms with E-state index in [9.17, 15) is 4.79 Å². The van der Waals surface area contributed by atoms with Crippen LogP contribution in [0.4, 0.5) is 0 Å². The molecule has 0 radical (unpaired) electrons. The van der Waals surface area contributed by atoms with Crippen molar-refractivity contribution in [3.8, 4) is 5.75 Å². The fourth-order valence-electron chi connectivity index (χ4n) is 3.54. The van der Waals surface area contributed by atoms with Gasteiger partial charge in [0.15, 0.2) is 5.82 Å². The molecule has 29 heavy (non-hydrogen) atoms. The summed E-state index contributed by atoms with van der Waals surface area (Å²) in [6.07, 6.45) is 4.07. The van der Waals surface area contributed by atoms with E-state index in [0.29, 0.717) is 37.0 Å². The molecular weight excluding hydrogens is 370 g/mol. The van der Waals surface area contributed by atoms with Gasteiger partial charge < -0.3 is 14.2 Å². The first-order chi connectivity index (χ1) is 14.1.